The molecule has 1 unspecified atom stereocenters. The summed E-state index contributed by atoms with van der Waals surface area (Å²) in [6.45, 7) is 0.352. The van der Waals surface area contributed by atoms with Crippen LogP contribution in [0.3, 0.4) is 0 Å². The molecule has 0 aliphatic carbocycles. The average molecular weight is 347 g/mol. The first-order chi connectivity index (χ1) is 10.2. The Bertz CT molecular complexity index is 831. The highest BCUT2D eigenvalue weighted by atomic mass is 79.9. The maximum absolute atomic E-state index is 5.94. The van der Waals surface area contributed by atoms with Gasteiger partial charge >= 0.3 is 0 Å². The van der Waals surface area contributed by atoms with Gasteiger partial charge in [0, 0.05) is 4.47 Å². The van der Waals surface area contributed by atoms with Crippen LogP contribution in [0, 0.1) is 0 Å². The number of anilines is 1. The minimum absolute atomic E-state index is 0.352. The molecule has 0 radical (unpaired) electrons. The van der Waals surface area contributed by atoms with Crippen LogP contribution in [-0.4, -0.2) is 11.6 Å². The zero-order valence-electron chi connectivity index (χ0n) is 10.9. The largest absolute Gasteiger partial charge is 0.485 e. The fourth-order valence-corrected chi connectivity index (χ4v) is 2.78. The minimum atomic E-state index is -0.384. The van der Waals surface area contributed by atoms with E-state index < -0.39 is 0 Å². The molecule has 1 aliphatic heterocycles. The lowest BCUT2D eigenvalue weighted by molar-refractivity contribution is 0.0726. The second kappa shape index (κ2) is 4.66. The summed E-state index contributed by atoms with van der Waals surface area (Å²) >= 11 is 3.39. The van der Waals surface area contributed by atoms with Gasteiger partial charge in [-0.2, -0.15) is 0 Å². The van der Waals surface area contributed by atoms with E-state index in [-0.39, 0.29) is 6.10 Å². The Balaban J connectivity index is 1.73. The van der Waals surface area contributed by atoms with E-state index in [1.165, 1.54) is 0 Å². The van der Waals surface area contributed by atoms with Gasteiger partial charge in [0.15, 0.2) is 17.1 Å². The number of aromatic nitrogens is 1. The van der Waals surface area contributed by atoms with E-state index >= 15 is 0 Å². The second-order valence-electron chi connectivity index (χ2n) is 4.76. The molecule has 0 saturated heterocycles. The smallest absolute Gasteiger partial charge is 0.240 e. The molecule has 1 atom stereocenters. The van der Waals surface area contributed by atoms with E-state index in [1.54, 1.807) is 6.07 Å². The van der Waals surface area contributed by atoms with E-state index in [0.717, 1.165) is 10.2 Å². The molecule has 0 spiro atoms. The summed E-state index contributed by atoms with van der Waals surface area (Å²) in [5.41, 5.74) is 7.74. The maximum atomic E-state index is 5.94. The van der Waals surface area contributed by atoms with Crippen LogP contribution in [-0.2, 0) is 0 Å². The summed E-state index contributed by atoms with van der Waals surface area (Å²) in [7, 11) is 0. The number of halogens is 1. The molecule has 0 amide bonds. The van der Waals surface area contributed by atoms with Crippen molar-refractivity contribution in [1.82, 2.24) is 4.98 Å². The molecule has 2 aromatic carbocycles. The normalized spacial score (nSPS) is 17.1. The van der Waals surface area contributed by atoms with Gasteiger partial charge in [0.2, 0.25) is 12.0 Å². The Labute approximate surface area is 128 Å². The van der Waals surface area contributed by atoms with Gasteiger partial charge in [-0.15, -0.1) is 0 Å². The molecule has 1 aliphatic rings. The molecule has 6 heteroatoms. The molecule has 2 heterocycles. The SMILES string of the molecule is Nc1cc(Br)cc2nc(C3COc4ccccc4O3)oc12. The fourth-order valence-electron chi connectivity index (χ4n) is 2.32. The Morgan fingerprint density at radius 2 is 2.00 bits per heavy atom. The first-order valence-electron chi connectivity index (χ1n) is 6.44. The van der Waals surface area contributed by atoms with Crippen molar-refractivity contribution >= 4 is 32.7 Å². The highest BCUT2D eigenvalue weighted by Gasteiger charge is 2.27. The maximum Gasteiger partial charge on any atom is 0.240 e. The molecular weight excluding hydrogens is 336 g/mol. The van der Waals surface area contributed by atoms with Gasteiger partial charge in [-0.25, -0.2) is 4.98 Å². The number of fused-ring (bicyclic) bond motifs is 2. The van der Waals surface area contributed by atoms with E-state index in [1.807, 2.05) is 30.3 Å². The molecule has 0 fully saturated rings. The molecule has 2 N–H and O–H groups in total. The highest BCUT2D eigenvalue weighted by molar-refractivity contribution is 9.10. The third-order valence-corrected chi connectivity index (χ3v) is 3.74. The Morgan fingerprint density at radius 1 is 1.19 bits per heavy atom. The molecule has 0 saturated carbocycles. The van der Waals surface area contributed by atoms with Gasteiger partial charge in [-0.3, -0.25) is 0 Å². The molecule has 4 rings (SSSR count). The standard InChI is InChI=1S/C15H11BrN2O3/c16-8-5-9(17)14-10(6-8)18-15(21-14)13-7-19-11-3-1-2-4-12(11)20-13/h1-6,13H,7,17H2. The van der Waals surface area contributed by atoms with E-state index in [9.17, 15) is 0 Å². The fraction of sp³-hybridized carbons (Fsp3) is 0.133. The van der Waals surface area contributed by atoms with Crippen molar-refractivity contribution in [2.45, 2.75) is 6.10 Å². The van der Waals surface area contributed by atoms with Gasteiger partial charge in [-0.05, 0) is 24.3 Å². The Kier molecular flexibility index (Phi) is 2.78. The molecule has 106 valence electrons. The summed E-state index contributed by atoms with van der Waals surface area (Å²) in [5, 5.41) is 0. The molecule has 21 heavy (non-hydrogen) atoms. The zero-order chi connectivity index (χ0) is 14.4. The van der Waals surface area contributed by atoms with Crippen molar-refractivity contribution in [2.24, 2.45) is 0 Å². The number of nitrogens with zero attached hydrogens (tertiary/aromatic N) is 1. The molecule has 3 aromatic rings. The van der Waals surface area contributed by atoms with Gasteiger partial charge < -0.3 is 19.6 Å². The van der Waals surface area contributed by atoms with Crippen molar-refractivity contribution < 1.29 is 13.9 Å². The number of benzene rings is 2. The van der Waals surface area contributed by atoms with Crippen LogP contribution >= 0.6 is 15.9 Å². The number of nitrogens with two attached hydrogens (primary N) is 1. The third-order valence-electron chi connectivity index (χ3n) is 3.28. The quantitative estimate of drug-likeness (QED) is 0.680. The monoisotopic (exact) mass is 346 g/mol. The van der Waals surface area contributed by atoms with Gasteiger partial charge in [-0.1, -0.05) is 28.1 Å². The van der Waals surface area contributed by atoms with Crippen LogP contribution < -0.4 is 15.2 Å². The number of para-hydroxylation sites is 2. The summed E-state index contributed by atoms with van der Waals surface area (Å²) in [5.74, 6) is 1.88. The first-order valence-corrected chi connectivity index (χ1v) is 7.24. The van der Waals surface area contributed by atoms with Gasteiger partial charge in [0.1, 0.15) is 12.1 Å². The predicted octanol–water partition coefficient (Wildman–Crippen LogP) is 3.69. The number of oxazole rings is 1. The van der Waals surface area contributed by atoms with Crippen LogP contribution in [0.25, 0.3) is 11.1 Å². The number of hydrogen-bond acceptors (Lipinski definition) is 5. The Morgan fingerprint density at radius 3 is 2.86 bits per heavy atom. The van der Waals surface area contributed by atoms with Crippen LogP contribution in [0.4, 0.5) is 5.69 Å². The van der Waals surface area contributed by atoms with Crippen molar-refractivity contribution in [3.05, 3.63) is 46.8 Å². The summed E-state index contributed by atoms with van der Waals surface area (Å²) in [4.78, 5) is 4.45. The van der Waals surface area contributed by atoms with Gasteiger partial charge in [0.05, 0.1) is 5.69 Å². The molecule has 0 bridgehead atoms. The summed E-state index contributed by atoms with van der Waals surface area (Å²) in [6.07, 6.45) is -0.384. The van der Waals surface area contributed by atoms with Gasteiger partial charge in [0.25, 0.3) is 0 Å². The Hall–Kier alpha value is -2.21. The first kappa shape index (κ1) is 12.5. The van der Waals surface area contributed by atoms with E-state index in [0.29, 0.717) is 35.0 Å². The number of rotatable bonds is 1. The van der Waals surface area contributed by atoms with Crippen molar-refractivity contribution in [1.29, 1.82) is 0 Å². The van der Waals surface area contributed by atoms with E-state index in [2.05, 4.69) is 20.9 Å². The zero-order valence-corrected chi connectivity index (χ0v) is 12.5. The minimum Gasteiger partial charge on any atom is -0.485 e. The summed E-state index contributed by atoms with van der Waals surface area (Å²) < 4.78 is 18.2. The van der Waals surface area contributed by atoms with Crippen LogP contribution in [0.15, 0.2) is 45.3 Å². The average Bonchev–Trinajstić information content (AvgIpc) is 2.91. The van der Waals surface area contributed by atoms with Crippen LogP contribution in [0.5, 0.6) is 11.5 Å². The highest BCUT2D eigenvalue weighted by Crippen LogP contribution is 2.37. The number of ether oxygens (including phenoxy) is 2. The number of nitrogen functional groups attached to an aromatic ring is 1. The molecular formula is C15H11BrN2O3. The van der Waals surface area contributed by atoms with Crippen molar-refractivity contribution in [3.8, 4) is 11.5 Å². The van der Waals surface area contributed by atoms with Crippen molar-refractivity contribution in [3.63, 3.8) is 0 Å². The number of hydrogen-bond donors (Lipinski definition) is 1. The lowest BCUT2D eigenvalue weighted by Crippen LogP contribution is -2.21. The van der Waals surface area contributed by atoms with Crippen molar-refractivity contribution in [2.75, 3.05) is 12.3 Å². The molecule has 1 aromatic heterocycles. The van der Waals surface area contributed by atoms with Crippen LogP contribution in [0.2, 0.25) is 0 Å². The predicted molar refractivity (Wildman–Crippen MR) is 81.4 cm³/mol. The van der Waals surface area contributed by atoms with Crippen LogP contribution in [0.1, 0.15) is 12.0 Å². The second-order valence-corrected chi connectivity index (χ2v) is 5.68. The lowest BCUT2D eigenvalue weighted by atomic mass is 10.2. The molecule has 5 nitrogen and oxygen atoms in total. The topological polar surface area (TPSA) is 70.5 Å². The summed E-state index contributed by atoms with van der Waals surface area (Å²) in [6, 6.07) is 11.2. The third kappa shape index (κ3) is 2.12. The lowest BCUT2D eigenvalue weighted by Gasteiger charge is -2.24. The van der Waals surface area contributed by atoms with E-state index in [4.69, 9.17) is 19.6 Å².